The largest absolute Gasteiger partial charge is 0.379 e. The maximum Gasteiger partial charge on any atom is 0.339 e. The number of hydrogen-bond donors (Lipinski definition) is 0. The standard InChI is InChI=1S/C17H17NO4S/c1-13-4-8-15(9-5-13)22-23(20,21)16-10-6-14(7-11-16)18-12-2-3-17(18)19/h4-11H,2-3,12H2,1H3. The van der Waals surface area contributed by atoms with Crippen molar-refractivity contribution in [2.75, 3.05) is 11.4 Å². The summed E-state index contributed by atoms with van der Waals surface area (Å²) in [6.45, 7) is 2.58. The van der Waals surface area contributed by atoms with E-state index in [-0.39, 0.29) is 16.6 Å². The predicted molar refractivity (Wildman–Crippen MR) is 87.0 cm³/mol. The van der Waals surface area contributed by atoms with E-state index in [0.29, 0.717) is 18.7 Å². The highest BCUT2D eigenvalue weighted by molar-refractivity contribution is 7.87. The van der Waals surface area contributed by atoms with Gasteiger partial charge in [0, 0.05) is 18.7 Å². The highest BCUT2D eigenvalue weighted by Crippen LogP contribution is 2.24. The zero-order valence-corrected chi connectivity index (χ0v) is 13.5. The summed E-state index contributed by atoms with van der Waals surface area (Å²) >= 11 is 0. The monoisotopic (exact) mass is 331 g/mol. The molecule has 23 heavy (non-hydrogen) atoms. The van der Waals surface area contributed by atoms with Crippen molar-refractivity contribution in [1.29, 1.82) is 0 Å². The molecule has 1 amide bonds. The molecule has 120 valence electrons. The van der Waals surface area contributed by atoms with Crippen molar-refractivity contribution in [3.63, 3.8) is 0 Å². The Morgan fingerprint density at radius 2 is 1.65 bits per heavy atom. The molecule has 0 bridgehead atoms. The number of benzene rings is 2. The lowest BCUT2D eigenvalue weighted by molar-refractivity contribution is -0.117. The van der Waals surface area contributed by atoms with E-state index < -0.39 is 10.1 Å². The van der Waals surface area contributed by atoms with Gasteiger partial charge < -0.3 is 9.08 Å². The van der Waals surface area contributed by atoms with Crippen LogP contribution in [0.4, 0.5) is 5.69 Å². The Balaban J connectivity index is 1.80. The molecule has 0 N–H and O–H groups in total. The minimum absolute atomic E-state index is 0.0634. The number of rotatable bonds is 4. The third kappa shape index (κ3) is 3.37. The van der Waals surface area contributed by atoms with Gasteiger partial charge in [-0.2, -0.15) is 8.42 Å². The van der Waals surface area contributed by atoms with Crippen molar-refractivity contribution in [3.8, 4) is 5.75 Å². The fourth-order valence-electron chi connectivity index (χ4n) is 2.48. The molecule has 0 aromatic heterocycles. The Morgan fingerprint density at radius 1 is 1.00 bits per heavy atom. The molecule has 0 radical (unpaired) electrons. The molecular formula is C17H17NO4S. The van der Waals surface area contributed by atoms with Crippen LogP contribution in [-0.4, -0.2) is 20.9 Å². The normalized spacial score (nSPS) is 15.0. The highest BCUT2D eigenvalue weighted by atomic mass is 32.2. The average Bonchev–Trinajstić information content (AvgIpc) is 2.96. The second kappa shape index (κ2) is 6.04. The van der Waals surface area contributed by atoms with Gasteiger partial charge in [0.05, 0.1) is 0 Å². The zero-order valence-electron chi connectivity index (χ0n) is 12.7. The molecule has 3 rings (SSSR count). The summed E-state index contributed by atoms with van der Waals surface area (Å²) in [6.07, 6.45) is 1.37. The maximum atomic E-state index is 12.3. The maximum absolute atomic E-state index is 12.3. The van der Waals surface area contributed by atoms with Crippen molar-refractivity contribution >= 4 is 21.7 Å². The second-order valence-electron chi connectivity index (χ2n) is 5.49. The Bertz CT molecular complexity index is 811. The average molecular weight is 331 g/mol. The van der Waals surface area contributed by atoms with Crippen LogP contribution in [0.15, 0.2) is 53.4 Å². The van der Waals surface area contributed by atoms with E-state index in [2.05, 4.69) is 0 Å². The van der Waals surface area contributed by atoms with Crippen molar-refractivity contribution in [1.82, 2.24) is 0 Å². The van der Waals surface area contributed by atoms with Gasteiger partial charge in [0.2, 0.25) is 5.91 Å². The van der Waals surface area contributed by atoms with E-state index >= 15 is 0 Å². The summed E-state index contributed by atoms with van der Waals surface area (Å²) in [5.74, 6) is 0.339. The summed E-state index contributed by atoms with van der Waals surface area (Å²) in [7, 11) is -3.88. The van der Waals surface area contributed by atoms with Crippen molar-refractivity contribution in [2.24, 2.45) is 0 Å². The van der Waals surface area contributed by atoms with Gasteiger partial charge in [0.1, 0.15) is 10.6 Å². The number of anilines is 1. The van der Waals surface area contributed by atoms with E-state index in [1.54, 1.807) is 41.3 Å². The first-order chi connectivity index (χ1) is 11.0. The zero-order chi connectivity index (χ0) is 16.4. The van der Waals surface area contributed by atoms with Crippen LogP contribution in [0.5, 0.6) is 5.75 Å². The molecule has 0 unspecified atom stereocenters. The molecule has 0 saturated carbocycles. The Hall–Kier alpha value is -2.34. The number of hydrogen-bond acceptors (Lipinski definition) is 4. The number of amides is 1. The molecule has 0 atom stereocenters. The van der Waals surface area contributed by atoms with Crippen molar-refractivity contribution in [3.05, 3.63) is 54.1 Å². The third-order valence-corrected chi connectivity index (χ3v) is 5.00. The van der Waals surface area contributed by atoms with E-state index in [0.717, 1.165) is 12.0 Å². The first kappa shape index (κ1) is 15.6. The lowest BCUT2D eigenvalue weighted by Crippen LogP contribution is -2.23. The molecule has 1 saturated heterocycles. The van der Waals surface area contributed by atoms with Gasteiger partial charge in [-0.3, -0.25) is 4.79 Å². The Labute approximate surface area is 135 Å². The van der Waals surface area contributed by atoms with Gasteiger partial charge in [-0.25, -0.2) is 0 Å². The molecule has 5 nitrogen and oxygen atoms in total. The lowest BCUT2D eigenvalue weighted by Gasteiger charge is -2.16. The van der Waals surface area contributed by atoms with Gasteiger partial charge in [-0.15, -0.1) is 0 Å². The summed E-state index contributed by atoms with van der Waals surface area (Å²) in [5, 5.41) is 0. The molecule has 6 heteroatoms. The quantitative estimate of drug-likeness (QED) is 0.808. The topological polar surface area (TPSA) is 63.7 Å². The van der Waals surface area contributed by atoms with Gasteiger partial charge >= 0.3 is 10.1 Å². The number of carbonyl (C=O) groups excluding carboxylic acids is 1. The fraction of sp³-hybridized carbons (Fsp3) is 0.235. The lowest BCUT2D eigenvalue weighted by atomic mass is 10.2. The summed E-state index contributed by atoms with van der Waals surface area (Å²) in [4.78, 5) is 13.4. The van der Waals surface area contributed by atoms with Crippen molar-refractivity contribution in [2.45, 2.75) is 24.7 Å². The smallest absolute Gasteiger partial charge is 0.339 e. The first-order valence-corrected chi connectivity index (χ1v) is 8.78. The van der Waals surface area contributed by atoms with Crippen LogP contribution < -0.4 is 9.08 Å². The SMILES string of the molecule is Cc1ccc(OS(=O)(=O)c2ccc(N3CCCC3=O)cc2)cc1. The summed E-state index contributed by atoms with van der Waals surface area (Å²) in [5.41, 5.74) is 1.73. The molecule has 1 fully saturated rings. The van der Waals surface area contributed by atoms with Crippen LogP contribution in [0.25, 0.3) is 0 Å². The molecular weight excluding hydrogens is 314 g/mol. The third-order valence-electron chi connectivity index (χ3n) is 3.74. The Morgan fingerprint density at radius 3 is 2.22 bits per heavy atom. The fourth-order valence-corrected chi connectivity index (χ4v) is 3.41. The van der Waals surface area contributed by atoms with Crippen LogP contribution in [0.3, 0.4) is 0 Å². The van der Waals surface area contributed by atoms with E-state index in [9.17, 15) is 13.2 Å². The van der Waals surface area contributed by atoms with Gasteiger partial charge in [0.25, 0.3) is 0 Å². The minimum atomic E-state index is -3.88. The number of aryl methyl sites for hydroxylation is 1. The van der Waals surface area contributed by atoms with Crippen LogP contribution in [0.2, 0.25) is 0 Å². The number of nitrogens with zero attached hydrogens (tertiary/aromatic N) is 1. The van der Waals surface area contributed by atoms with Gasteiger partial charge in [-0.1, -0.05) is 17.7 Å². The van der Waals surface area contributed by atoms with Crippen LogP contribution >= 0.6 is 0 Å². The molecule has 0 aliphatic carbocycles. The Kier molecular flexibility index (Phi) is 4.09. The van der Waals surface area contributed by atoms with E-state index in [1.807, 2.05) is 6.92 Å². The van der Waals surface area contributed by atoms with Crippen LogP contribution in [0, 0.1) is 6.92 Å². The highest BCUT2D eigenvalue weighted by Gasteiger charge is 2.23. The predicted octanol–water partition coefficient (Wildman–Crippen LogP) is 2.89. The first-order valence-electron chi connectivity index (χ1n) is 7.37. The molecule has 1 aliphatic rings. The summed E-state index contributed by atoms with van der Waals surface area (Å²) in [6, 6.07) is 13.0. The number of carbonyl (C=O) groups is 1. The van der Waals surface area contributed by atoms with Crippen molar-refractivity contribution < 1.29 is 17.4 Å². The van der Waals surface area contributed by atoms with Crippen LogP contribution in [-0.2, 0) is 14.9 Å². The molecule has 1 heterocycles. The van der Waals surface area contributed by atoms with Gasteiger partial charge in [0.15, 0.2) is 0 Å². The molecule has 2 aromatic carbocycles. The van der Waals surface area contributed by atoms with Crippen LogP contribution in [0.1, 0.15) is 18.4 Å². The van der Waals surface area contributed by atoms with Gasteiger partial charge in [-0.05, 0) is 49.7 Å². The molecule has 0 spiro atoms. The summed E-state index contributed by atoms with van der Waals surface area (Å²) < 4.78 is 29.7. The minimum Gasteiger partial charge on any atom is -0.379 e. The molecule has 1 aliphatic heterocycles. The van der Waals surface area contributed by atoms with E-state index in [1.165, 1.54) is 12.1 Å². The second-order valence-corrected chi connectivity index (χ2v) is 7.04. The van der Waals surface area contributed by atoms with E-state index in [4.69, 9.17) is 4.18 Å². The molecule has 2 aromatic rings.